The maximum atomic E-state index is 9.39. The highest BCUT2D eigenvalue weighted by Crippen LogP contribution is 2.42. The van der Waals surface area contributed by atoms with Crippen LogP contribution >= 0.6 is 11.3 Å². The molecule has 0 aliphatic heterocycles. The molecule has 0 saturated heterocycles. The van der Waals surface area contributed by atoms with Gasteiger partial charge in [-0.25, -0.2) is 15.0 Å². The van der Waals surface area contributed by atoms with E-state index in [4.69, 9.17) is 23.2 Å². The quantitative estimate of drug-likeness (QED) is 0.161. The van der Waals surface area contributed by atoms with Crippen LogP contribution in [0.15, 0.2) is 218 Å². The second-order valence-corrected chi connectivity index (χ2v) is 16.1. The predicted molar refractivity (Wildman–Crippen MR) is 260 cm³/mol. The summed E-state index contributed by atoms with van der Waals surface area (Å²) in [7, 11) is 0. The number of thiophene rings is 1. The summed E-state index contributed by atoms with van der Waals surface area (Å²) >= 11 is 1.68. The average molecular weight is 817 g/mol. The third-order valence-corrected chi connectivity index (χ3v) is 12.5. The average Bonchev–Trinajstić information content (AvgIpc) is 3.97. The number of para-hydroxylation sites is 2. The number of fused-ring (bicyclic) bond motifs is 6. The number of benzene rings is 9. The fraction of sp³-hybridized carbons (Fsp3) is 0. The summed E-state index contributed by atoms with van der Waals surface area (Å²) in [5.41, 5.74) is 7.95. The van der Waals surface area contributed by atoms with Gasteiger partial charge in [-0.2, -0.15) is 0 Å². The third kappa shape index (κ3) is 6.18. The van der Waals surface area contributed by atoms with Gasteiger partial charge in [0, 0.05) is 42.1 Å². The second-order valence-electron chi connectivity index (χ2n) is 15.0. The Balaban J connectivity index is 1.15. The summed E-state index contributed by atoms with van der Waals surface area (Å²) in [6.45, 7) is 0. The highest BCUT2D eigenvalue weighted by atomic mass is 32.1. The van der Waals surface area contributed by atoms with Crippen molar-refractivity contribution in [2.45, 2.75) is 0 Å². The second kappa shape index (κ2) is 14.9. The summed E-state index contributed by atoms with van der Waals surface area (Å²) in [5.74, 6) is 1.02. The molecule has 0 unspecified atom stereocenters. The van der Waals surface area contributed by atoms with Crippen LogP contribution in [0.25, 0.3) is 115 Å². The van der Waals surface area contributed by atoms with Crippen LogP contribution in [0.4, 0.5) is 0 Å². The van der Waals surface area contributed by atoms with Gasteiger partial charge in [0.25, 0.3) is 0 Å². The number of aromatic nitrogens is 4. The van der Waals surface area contributed by atoms with E-state index in [0.29, 0.717) is 28.5 Å². The molecule has 5 heteroatoms. The van der Waals surface area contributed by atoms with E-state index in [0.717, 1.165) is 59.1 Å². The van der Waals surface area contributed by atoms with Gasteiger partial charge in [-0.3, -0.25) is 0 Å². The first kappa shape index (κ1) is 28.5. The van der Waals surface area contributed by atoms with Gasteiger partial charge in [0.05, 0.1) is 33.3 Å². The van der Waals surface area contributed by atoms with Crippen LogP contribution < -0.4 is 0 Å². The molecular weight excluding hydrogens is 773 g/mol. The molecule has 62 heavy (non-hydrogen) atoms. The first-order valence-electron chi connectivity index (χ1n) is 24.2. The molecule has 0 bridgehead atoms. The number of rotatable bonds is 7. The van der Waals surface area contributed by atoms with E-state index in [2.05, 4.69) is 60.7 Å². The van der Waals surface area contributed by atoms with Gasteiger partial charge in [0.2, 0.25) is 0 Å². The minimum Gasteiger partial charge on any atom is -0.308 e. The summed E-state index contributed by atoms with van der Waals surface area (Å²) in [6.07, 6.45) is 0. The monoisotopic (exact) mass is 816 g/mol. The molecule has 0 N–H and O–H groups in total. The van der Waals surface area contributed by atoms with E-state index in [1.807, 2.05) is 103 Å². The number of hydrogen-bond acceptors (Lipinski definition) is 4. The first-order valence-corrected chi connectivity index (χ1v) is 21.0. The Morgan fingerprint density at radius 1 is 0.371 bits per heavy atom. The van der Waals surface area contributed by atoms with E-state index in [1.165, 1.54) is 4.57 Å². The van der Waals surface area contributed by atoms with Gasteiger partial charge in [0.15, 0.2) is 17.5 Å². The van der Waals surface area contributed by atoms with Crippen molar-refractivity contribution < 1.29 is 11.0 Å². The van der Waals surface area contributed by atoms with Gasteiger partial charge in [-0.05, 0) is 63.7 Å². The molecule has 12 aromatic rings. The van der Waals surface area contributed by atoms with Gasteiger partial charge >= 0.3 is 0 Å². The summed E-state index contributed by atoms with van der Waals surface area (Å²) in [4.78, 5) is 15.6. The van der Waals surface area contributed by atoms with Crippen LogP contribution in [0.5, 0.6) is 0 Å². The standard InChI is InChI=1S/C57H36N4S/c1-3-14-37(15-4-1)38-26-28-39(29-27-38)40-30-32-41(33-31-40)44-21-13-24-51(61-49-22-10-7-18-45(49)46-19-8-11-23-50(46)61)54(44)57-59-55(42-16-5-2-6-17-42)58-56(60-57)43-34-35-48-47-20-9-12-25-52(47)62-53(48)36-43/h1-36H/i7D,8D,10D,11D,18D,19D,22D,23D. The van der Waals surface area contributed by atoms with Crippen LogP contribution in [-0.2, 0) is 0 Å². The zero-order valence-electron chi connectivity index (χ0n) is 40.9. The summed E-state index contributed by atoms with van der Waals surface area (Å²) < 4.78 is 76.0. The van der Waals surface area contributed by atoms with Crippen molar-refractivity contribution in [1.29, 1.82) is 0 Å². The molecule has 0 atom stereocenters. The smallest absolute Gasteiger partial charge is 0.166 e. The Bertz CT molecular complexity index is 4010. The first-order chi connectivity index (χ1) is 34.0. The molecule has 0 aliphatic rings. The van der Waals surface area contributed by atoms with Crippen molar-refractivity contribution in [1.82, 2.24) is 19.5 Å². The summed E-state index contributed by atoms with van der Waals surface area (Å²) in [5, 5.41) is 2.23. The SMILES string of the molecule is [2H]c1c([2H])c([2H])c2c(c1[2H])c1c([2H])c([2H])c([2H])c([2H])c1n2-c1cccc(-c2ccc(-c3ccc(-c4ccccc4)cc3)cc2)c1-c1nc(-c2ccccc2)nc(-c2ccc3c(c2)sc2ccccc23)n1. The van der Waals surface area contributed by atoms with Crippen molar-refractivity contribution in [3.8, 4) is 73.2 Å². The largest absolute Gasteiger partial charge is 0.308 e. The molecule has 0 amide bonds. The predicted octanol–water partition coefficient (Wildman–Crippen LogP) is 15.3. The molecule has 9 aromatic carbocycles. The van der Waals surface area contributed by atoms with Crippen molar-refractivity contribution in [2.24, 2.45) is 0 Å². The molecule has 3 heterocycles. The zero-order chi connectivity index (χ0) is 47.9. The highest BCUT2D eigenvalue weighted by molar-refractivity contribution is 7.25. The normalized spacial score (nSPS) is 13.4. The fourth-order valence-corrected chi connectivity index (χ4v) is 9.54. The summed E-state index contributed by atoms with van der Waals surface area (Å²) in [6, 6.07) is 52.7. The number of nitrogens with zero attached hydrogens (tertiary/aromatic N) is 4. The van der Waals surface area contributed by atoms with E-state index in [9.17, 15) is 2.74 Å². The molecule has 0 fully saturated rings. The lowest BCUT2D eigenvalue weighted by atomic mass is 9.94. The minimum absolute atomic E-state index is 0.00604. The molecule has 0 saturated carbocycles. The fourth-order valence-electron chi connectivity index (χ4n) is 8.39. The maximum Gasteiger partial charge on any atom is 0.166 e. The van der Waals surface area contributed by atoms with Gasteiger partial charge < -0.3 is 4.57 Å². The topological polar surface area (TPSA) is 43.6 Å². The zero-order valence-corrected chi connectivity index (χ0v) is 33.7. The highest BCUT2D eigenvalue weighted by Gasteiger charge is 2.23. The minimum atomic E-state index is -0.516. The lowest BCUT2D eigenvalue weighted by Gasteiger charge is -2.18. The van der Waals surface area contributed by atoms with Gasteiger partial charge in [0.1, 0.15) is 0 Å². The Hall–Kier alpha value is -7.99. The molecule has 3 aromatic heterocycles. The molecule has 4 nitrogen and oxygen atoms in total. The molecule has 12 rings (SSSR count). The molecular formula is C57H36N4S. The van der Waals surface area contributed by atoms with Crippen LogP contribution in [0.2, 0.25) is 0 Å². The van der Waals surface area contributed by atoms with Crippen molar-refractivity contribution in [3.05, 3.63) is 218 Å². The lowest BCUT2D eigenvalue weighted by molar-refractivity contribution is 1.07. The van der Waals surface area contributed by atoms with E-state index >= 15 is 0 Å². The Morgan fingerprint density at radius 3 is 1.53 bits per heavy atom. The molecule has 0 spiro atoms. The van der Waals surface area contributed by atoms with Crippen LogP contribution in [0, 0.1) is 0 Å². The van der Waals surface area contributed by atoms with Crippen LogP contribution in [0.3, 0.4) is 0 Å². The Kier molecular flexibility index (Phi) is 6.86. The van der Waals surface area contributed by atoms with Crippen molar-refractivity contribution >= 4 is 53.3 Å². The van der Waals surface area contributed by atoms with E-state index in [1.54, 1.807) is 17.4 Å². The van der Waals surface area contributed by atoms with Crippen molar-refractivity contribution in [3.63, 3.8) is 0 Å². The van der Waals surface area contributed by atoms with Crippen LogP contribution in [-0.4, -0.2) is 19.5 Å². The maximum absolute atomic E-state index is 9.39. The molecule has 0 radical (unpaired) electrons. The van der Waals surface area contributed by atoms with Crippen molar-refractivity contribution in [2.75, 3.05) is 0 Å². The molecule has 0 aliphatic carbocycles. The van der Waals surface area contributed by atoms with Gasteiger partial charge in [-0.1, -0.05) is 188 Å². The Labute approximate surface area is 374 Å². The van der Waals surface area contributed by atoms with Gasteiger partial charge in [-0.15, -0.1) is 11.3 Å². The van der Waals surface area contributed by atoms with E-state index < -0.39 is 48.3 Å². The van der Waals surface area contributed by atoms with E-state index in [-0.39, 0.29) is 27.6 Å². The van der Waals surface area contributed by atoms with Crippen LogP contribution in [0.1, 0.15) is 11.0 Å². The third-order valence-electron chi connectivity index (χ3n) is 11.4. The molecule has 290 valence electrons. The number of hydrogen-bond donors (Lipinski definition) is 0. The lowest BCUT2D eigenvalue weighted by Crippen LogP contribution is -2.05. The Morgan fingerprint density at radius 2 is 0.871 bits per heavy atom.